The molecule has 7 nitrogen and oxygen atoms in total. The molecule has 1 aromatic heterocycles. The van der Waals surface area contributed by atoms with Crippen LogP contribution in [0.4, 0.5) is 0 Å². The van der Waals surface area contributed by atoms with Gasteiger partial charge < -0.3 is 20.5 Å². The molecule has 0 unspecified atom stereocenters. The molecule has 144 valence electrons. The molecular formula is C18H28IN5O2. The first-order chi connectivity index (χ1) is 12.1. The van der Waals surface area contributed by atoms with E-state index in [0.29, 0.717) is 19.0 Å². The van der Waals surface area contributed by atoms with E-state index in [1.54, 1.807) is 18.9 Å². The maximum Gasteiger partial charge on any atom is 0.216 e. The van der Waals surface area contributed by atoms with Gasteiger partial charge in [-0.25, -0.2) is 9.67 Å². The summed E-state index contributed by atoms with van der Waals surface area (Å²) in [6, 6.07) is 7.99. The summed E-state index contributed by atoms with van der Waals surface area (Å²) in [7, 11) is 5.16. The summed E-state index contributed by atoms with van der Waals surface area (Å²) in [5.41, 5.74) is 9.14. The first-order valence-corrected chi connectivity index (χ1v) is 8.34. The van der Waals surface area contributed by atoms with Crippen LogP contribution in [0.25, 0.3) is 0 Å². The number of methoxy groups -OCH3 is 2. The number of ether oxygens (including phenoxy) is 2. The van der Waals surface area contributed by atoms with Gasteiger partial charge in [-0.2, -0.15) is 5.10 Å². The fraction of sp³-hybridized carbons (Fsp3) is 0.444. The van der Waals surface area contributed by atoms with Gasteiger partial charge in [0.2, 0.25) is 5.88 Å². The Bertz CT molecular complexity index is 713. The lowest BCUT2D eigenvalue weighted by molar-refractivity contribution is 0.369. The van der Waals surface area contributed by atoms with E-state index in [1.165, 1.54) is 5.56 Å². The number of aromatic nitrogens is 2. The summed E-state index contributed by atoms with van der Waals surface area (Å²) in [6.07, 6.45) is 1.68. The Hall–Kier alpha value is -1.97. The van der Waals surface area contributed by atoms with Gasteiger partial charge in [-0.3, -0.25) is 0 Å². The van der Waals surface area contributed by atoms with E-state index in [1.807, 2.05) is 31.3 Å². The van der Waals surface area contributed by atoms with E-state index in [9.17, 15) is 0 Å². The van der Waals surface area contributed by atoms with Gasteiger partial charge in [-0.1, -0.05) is 19.1 Å². The quantitative estimate of drug-likeness (QED) is 0.349. The van der Waals surface area contributed by atoms with Crippen molar-refractivity contribution in [3.05, 3.63) is 41.1 Å². The minimum atomic E-state index is 0. The normalized spacial score (nSPS) is 11.0. The van der Waals surface area contributed by atoms with E-state index in [0.717, 1.165) is 35.7 Å². The summed E-state index contributed by atoms with van der Waals surface area (Å²) in [6.45, 7) is 3.22. The highest BCUT2D eigenvalue weighted by molar-refractivity contribution is 14.0. The molecule has 0 radical (unpaired) electrons. The monoisotopic (exact) mass is 473 g/mol. The molecule has 2 aromatic rings. The third-order valence-corrected chi connectivity index (χ3v) is 3.99. The summed E-state index contributed by atoms with van der Waals surface area (Å²) < 4.78 is 12.3. The minimum absolute atomic E-state index is 0. The first-order valence-electron chi connectivity index (χ1n) is 8.34. The van der Waals surface area contributed by atoms with Crippen molar-refractivity contribution in [1.29, 1.82) is 0 Å². The van der Waals surface area contributed by atoms with Gasteiger partial charge in [0, 0.05) is 13.6 Å². The van der Waals surface area contributed by atoms with Crippen molar-refractivity contribution >= 4 is 29.9 Å². The number of hydrogen-bond acceptors (Lipinski definition) is 4. The van der Waals surface area contributed by atoms with Crippen LogP contribution in [0.2, 0.25) is 0 Å². The summed E-state index contributed by atoms with van der Waals surface area (Å²) in [4.78, 5) is 4.41. The van der Waals surface area contributed by atoms with Gasteiger partial charge in [0.05, 0.1) is 32.0 Å². The number of nitrogens with zero attached hydrogens (tertiary/aromatic N) is 3. The summed E-state index contributed by atoms with van der Waals surface area (Å²) in [5.74, 6) is 2.00. The predicted octanol–water partition coefficient (Wildman–Crippen LogP) is 2.26. The molecule has 0 spiro atoms. The Morgan fingerprint density at radius 1 is 1.23 bits per heavy atom. The number of guanidine groups is 1. The van der Waals surface area contributed by atoms with Gasteiger partial charge in [0.25, 0.3) is 0 Å². The van der Waals surface area contributed by atoms with Gasteiger partial charge in [-0.05, 0) is 30.5 Å². The SMILES string of the molecule is CCc1nn(C)c(OC)c1CN=C(N)NCCc1ccc(OC)cc1.I. The van der Waals surface area contributed by atoms with Gasteiger partial charge >= 0.3 is 0 Å². The fourth-order valence-electron chi connectivity index (χ4n) is 2.65. The number of aryl methyl sites for hydroxylation is 2. The Morgan fingerprint density at radius 2 is 1.92 bits per heavy atom. The molecule has 2 rings (SSSR count). The van der Waals surface area contributed by atoms with Crippen LogP contribution in [0.15, 0.2) is 29.3 Å². The van der Waals surface area contributed by atoms with E-state index in [2.05, 4.69) is 22.3 Å². The second-order valence-electron chi connectivity index (χ2n) is 5.64. The molecule has 0 saturated carbocycles. The highest BCUT2D eigenvalue weighted by Crippen LogP contribution is 2.22. The molecule has 0 aliphatic rings. The standard InChI is InChI=1S/C18H27N5O2.HI/c1-5-16-15(17(25-4)23(2)22-16)12-21-18(19)20-11-10-13-6-8-14(24-3)9-7-13;/h6-9H,5,10-12H2,1-4H3,(H3,19,20,21);1H. The second-order valence-corrected chi connectivity index (χ2v) is 5.64. The average Bonchev–Trinajstić information content (AvgIpc) is 2.95. The van der Waals surface area contributed by atoms with E-state index >= 15 is 0 Å². The molecule has 0 amide bonds. The lowest BCUT2D eigenvalue weighted by Gasteiger charge is -2.07. The molecule has 0 fully saturated rings. The molecule has 0 saturated heterocycles. The molecule has 0 bridgehead atoms. The highest BCUT2D eigenvalue weighted by Gasteiger charge is 2.15. The van der Waals surface area contributed by atoms with E-state index < -0.39 is 0 Å². The number of nitrogens with two attached hydrogens (primary N) is 1. The molecule has 1 aromatic carbocycles. The maximum atomic E-state index is 5.97. The largest absolute Gasteiger partial charge is 0.497 e. The van der Waals surface area contributed by atoms with Crippen LogP contribution in [0.5, 0.6) is 11.6 Å². The molecule has 26 heavy (non-hydrogen) atoms. The molecule has 0 aliphatic carbocycles. The first kappa shape index (κ1) is 22.1. The topological polar surface area (TPSA) is 86.7 Å². The average molecular weight is 473 g/mol. The van der Waals surface area contributed by atoms with E-state index in [-0.39, 0.29) is 24.0 Å². The van der Waals surface area contributed by atoms with Crippen LogP contribution >= 0.6 is 24.0 Å². The Labute approximate surface area is 172 Å². The fourth-order valence-corrected chi connectivity index (χ4v) is 2.65. The van der Waals surface area contributed by atoms with Crippen LogP contribution in [-0.2, 0) is 26.4 Å². The minimum Gasteiger partial charge on any atom is -0.497 e. The van der Waals surface area contributed by atoms with Crippen molar-refractivity contribution in [2.24, 2.45) is 17.8 Å². The van der Waals surface area contributed by atoms with Crippen LogP contribution < -0.4 is 20.5 Å². The Balaban J connectivity index is 0.00000338. The van der Waals surface area contributed by atoms with E-state index in [4.69, 9.17) is 15.2 Å². The number of rotatable bonds is 8. The van der Waals surface area contributed by atoms with Crippen molar-refractivity contribution in [3.8, 4) is 11.6 Å². The maximum absolute atomic E-state index is 5.97. The summed E-state index contributed by atoms with van der Waals surface area (Å²) >= 11 is 0. The molecule has 8 heteroatoms. The van der Waals surface area contributed by atoms with Crippen LogP contribution in [0, 0.1) is 0 Å². The Kier molecular flexibility index (Phi) is 9.25. The van der Waals surface area contributed by atoms with Crippen LogP contribution in [0.1, 0.15) is 23.7 Å². The zero-order valence-corrected chi connectivity index (χ0v) is 18.1. The third kappa shape index (κ3) is 5.79. The third-order valence-electron chi connectivity index (χ3n) is 3.99. The zero-order chi connectivity index (χ0) is 18.2. The van der Waals surface area contributed by atoms with Crippen LogP contribution in [0.3, 0.4) is 0 Å². The smallest absolute Gasteiger partial charge is 0.216 e. The lowest BCUT2D eigenvalue weighted by Crippen LogP contribution is -2.33. The number of halogens is 1. The number of hydrogen-bond donors (Lipinski definition) is 2. The van der Waals surface area contributed by atoms with Crippen molar-refractivity contribution in [2.45, 2.75) is 26.3 Å². The molecule has 1 heterocycles. The number of nitrogens with one attached hydrogen (secondary N) is 1. The number of aliphatic imine (C=N–C) groups is 1. The van der Waals surface area contributed by atoms with Crippen molar-refractivity contribution in [3.63, 3.8) is 0 Å². The van der Waals surface area contributed by atoms with Gasteiger partial charge in [0.1, 0.15) is 5.75 Å². The molecule has 3 N–H and O–H groups in total. The van der Waals surface area contributed by atoms with Crippen molar-refractivity contribution in [2.75, 3.05) is 20.8 Å². The highest BCUT2D eigenvalue weighted by atomic mass is 127. The summed E-state index contributed by atoms with van der Waals surface area (Å²) in [5, 5.41) is 7.58. The van der Waals surface area contributed by atoms with Crippen LogP contribution in [-0.4, -0.2) is 36.5 Å². The van der Waals surface area contributed by atoms with Crippen molar-refractivity contribution in [1.82, 2.24) is 15.1 Å². The molecule has 0 atom stereocenters. The lowest BCUT2D eigenvalue weighted by atomic mass is 10.1. The predicted molar refractivity (Wildman–Crippen MR) is 115 cm³/mol. The second kappa shape index (κ2) is 10.9. The van der Waals surface area contributed by atoms with Gasteiger partial charge in [-0.15, -0.1) is 24.0 Å². The number of benzene rings is 1. The molecule has 0 aliphatic heterocycles. The Morgan fingerprint density at radius 3 is 2.50 bits per heavy atom. The molecular weight excluding hydrogens is 445 g/mol. The van der Waals surface area contributed by atoms with Gasteiger partial charge in [0.15, 0.2) is 5.96 Å². The van der Waals surface area contributed by atoms with Crippen molar-refractivity contribution < 1.29 is 9.47 Å². The zero-order valence-electron chi connectivity index (χ0n) is 15.8.